The summed E-state index contributed by atoms with van der Waals surface area (Å²) in [4.78, 5) is 5.23. The Morgan fingerprint density at radius 3 is 1.66 bits per heavy atom. The molecule has 14 rings (SSSR count). The molecule has 0 unspecified atom stereocenters. The summed E-state index contributed by atoms with van der Waals surface area (Å²) >= 11 is 2.46. The van der Waals surface area contributed by atoms with Crippen molar-refractivity contribution in [3.05, 3.63) is 255 Å². The van der Waals surface area contributed by atoms with Crippen LogP contribution in [0.1, 0.15) is 111 Å². The van der Waals surface area contributed by atoms with Crippen molar-refractivity contribution in [3.63, 3.8) is 0 Å². The van der Waals surface area contributed by atoms with E-state index in [1.165, 1.54) is 44.5 Å². The second kappa shape index (κ2) is 17.9. The summed E-state index contributed by atoms with van der Waals surface area (Å²) in [5.74, 6) is 1.46. The number of benzene rings is 9. The number of imidazole rings is 1. The predicted molar refractivity (Wildman–Crippen MR) is 325 cm³/mol. The third-order valence-electron chi connectivity index (χ3n) is 16.8. The predicted octanol–water partition coefficient (Wildman–Crippen LogP) is 18.6. The molecule has 12 aromatic rings. The van der Waals surface area contributed by atoms with E-state index in [1.807, 2.05) is 30.3 Å². The molecule has 0 bridgehead atoms. The maximum absolute atomic E-state index is 9.04. The van der Waals surface area contributed by atoms with Crippen molar-refractivity contribution >= 4 is 32.8 Å². The van der Waals surface area contributed by atoms with Gasteiger partial charge in [0.2, 0.25) is 0 Å². The molecule has 0 saturated heterocycles. The van der Waals surface area contributed by atoms with Gasteiger partial charge in [-0.15, -0.1) is 0 Å². The summed E-state index contributed by atoms with van der Waals surface area (Å²) in [6.07, 6.45) is 1.73. The molecule has 0 atom stereocenters. The van der Waals surface area contributed by atoms with Crippen LogP contribution in [0.5, 0.6) is 11.5 Å². The number of aryl methyl sites for hydroxylation is 1. The molecule has 0 amide bonds. The van der Waals surface area contributed by atoms with Crippen LogP contribution in [0.4, 0.5) is 0 Å². The fraction of sp³-hybridized carbons (Fsp3) is 0.189. The van der Waals surface area contributed by atoms with Gasteiger partial charge in [0, 0.05) is 15.9 Å². The molecule has 80 heavy (non-hydrogen) atoms. The Hall–Kier alpha value is -8.11. The number of hydrogen-bond acceptors (Lipinski definition) is 2. The molecule has 2 aliphatic rings. The number of nitrogens with zero attached hydrogens (tertiary/aromatic N) is 4. The first-order valence-electron chi connectivity index (χ1n) is 29.1. The van der Waals surface area contributed by atoms with Gasteiger partial charge in [0.1, 0.15) is 0 Å². The summed E-state index contributed by atoms with van der Waals surface area (Å²) in [5, 5.41) is 1.92. The number of para-hydroxylation sites is 2. The average molecular weight is 1220 g/mol. The molecule has 0 fully saturated rings. The second-order valence-corrected chi connectivity index (χ2v) is 25.8. The molecule has 0 aliphatic heterocycles. The Kier molecular flexibility index (Phi) is 10.5. The first-order valence-corrected chi connectivity index (χ1v) is 28.7. The van der Waals surface area contributed by atoms with E-state index in [2.05, 4.69) is 259 Å². The van der Waals surface area contributed by atoms with Crippen LogP contribution in [0.25, 0.3) is 83.4 Å². The molecule has 1 spiro atoms. The van der Waals surface area contributed by atoms with Crippen molar-refractivity contribution in [2.75, 3.05) is 0 Å². The normalized spacial score (nSPS) is 14.3. The molecular weight excluding hydrogens is 1160 g/mol. The zero-order valence-electron chi connectivity index (χ0n) is 49.5. The van der Waals surface area contributed by atoms with Gasteiger partial charge in [0.25, 0.3) is 0 Å². The zero-order chi connectivity index (χ0) is 57.7. The Balaban J connectivity index is 0.958. The van der Waals surface area contributed by atoms with Crippen molar-refractivity contribution in [2.45, 2.75) is 90.8 Å². The molecule has 0 saturated carbocycles. The van der Waals surface area contributed by atoms with E-state index < -0.39 is 12.3 Å². The maximum atomic E-state index is 9.04. The van der Waals surface area contributed by atoms with Crippen LogP contribution in [-0.2, 0) is 41.0 Å². The number of ether oxygens (including phenoxy) is 1. The van der Waals surface area contributed by atoms with Crippen molar-refractivity contribution in [3.8, 4) is 62.1 Å². The van der Waals surface area contributed by atoms with Crippen LogP contribution in [0.2, 0.25) is 0 Å². The van der Waals surface area contributed by atoms with Gasteiger partial charge in [-0.2, -0.15) is 0 Å². The Morgan fingerprint density at radius 2 is 1.05 bits per heavy atom. The number of hydrogen-bond donors (Lipinski definition) is 0. The Morgan fingerprint density at radius 1 is 0.475 bits per heavy atom. The van der Waals surface area contributed by atoms with Crippen LogP contribution in [0.3, 0.4) is 0 Å². The van der Waals surface area contributed by atoms with Crippen molar-refractivity contribution in [1.29, 1.82) is 0 Å². The van der Waals surface area contributed by atoms with E-state index in [0.29, 0.717) is 28.4 Å². The van der Waals surface area contributed by atoms with Crippen LogP contribution < -0.4 is 4.74 Å². The van der Waals surface area contributed by atoms with Crippen LogP contribution in [-0.4, -0.2) is 18.7 Å². The molecule has 5 nitrogen and oxygen atoms in total. The third-order valence-corrected chi connectivity index (χ3v) is 17.8. The van der Waals surface area contributed by atoms with Gasteiger partial charge in [-0.05, 0) is 73.5 Å². The van der Waals surface area contributed by atoms with Gasteiger partial charge in [-0.3, -0.25) is 0 Å². The average Bonchev–Trinajstić information content (AvgIpc) is 2.57. The van der Waals surface area contributed by atoms with Gasteiger partial charge in [-0.1, -0.05) is 118 Å². The fourth-order valence-electron chi connectivity index (χ4n) is 12.7. The molecule has 3 aromatic heterocycles. The minimum atomic E-state index is -2.47. The quantitative estimate of drug-likeness (QED) is 0.156. The standard InChI is InChI=1S/C74H62N4O.Pt/c1-46-36-70(75-44-61(46)47-30-32-48(33-31-47)71(2,3)4)78-68-41-54(79-53-21-19-20-51(40-53)76-45-77(67-29-18-17-28-66(67)76)52-38-49(72(5,6)7)37-50(39-52)73(8,9)10)34-35-58(68)60-42-59-57-24-13-16-27-64(57)74(65(59)43-69(60)78)62-25-14-11-22-55(62)56-23-12-15-26-63(56)74;/h11-39,42-44H,1-10H3;/q-2;/i1D3;. The molecule has 6 heteroatoms. The van der Waals surface area contributed by atoms with Gasteiger partial charge in [0.15, 0.2) is 0 Å². The minimum absolute atomic E-state index is 0.0555. The number of pyridine rings is 1. The SMILES string of the molecule is [2H]C([2H])([2H])c1cc(-n2c3[c-]c(Oc4[c-]c(-n5[c](=[Pt])n(-c6cc(C(C)(C)C)cc(C(C)(C)C)c6)c6ccccc65)ccc4)ccc3c3cc4c(cc32)C2(c3ccccc3-c3ccccc32)c2ccccc2-4)ncc1-c1ccc(C(C)(C)C)cc1. The third kappa shape index (κ3) is 7.67. The van der Waals surface area contributed by atoms with Crippen LogP contribution in [0, 0.1) is 22.8 Å². The topological polar surface area (TPSA) is 36.9 Å². The smallest absolute Gasteiger partial charge is 0.0619 e. The summed E-state index contributed by atoms with van der Waals surface area (Å²) in [6, 6.07) is 74.1. The molecule has 9 aromatic carbocycles. The van der Waals surface area contributed by atoms with Gasteiger partial charge >= 0.3 is 275 Å². The van der Waals surface area contributed by atoms with Gasteiger partial charge < -0.3 is 0 Å². The first-order chi connectivity index (χ1) is 39.6. The van der Waals surface area contributed by atoms with E-state index in [0.717, 1.165) is 64.8 Å². The van der Waals surface area contributed by atoms with E-state index in [4.69, 9.17) is 13.8 Å². The molecule has 0 radical (unpaired) electrons. The number of rotatable bonds is 6. The molecule has 396 valence electrons. The summed E-state index contributed by atoms with van der Waals surface area (Å²) in [7, 11) is 0. The summed E-state index contributed by atoms with van der Waals surface area (Å²) in [6.45, 7) is 17.7. The van der Waals surface area contributed by atoms with Crippen LogP contribution in [0.15, 0.2) is 194 Å². The number of aromatic nitrogens is 4. The monoisotopic (exact) mass is 1220 g/mol. The molecule has 3 heterocycles. The van der Waals surface area contributed by atoms with Crippen molar-refractivity contribution in [2.24, 2.45) is 0 Å². The summed E-state index contributed by atoms with van der Waals surface area (Å²) in [5.41, 5.74) is 19.8. The van der Waals surface area contributed by atoms with E-state index in [1.54, 1.807) is 12.3 Å². The zero-order valence-corrected chi connectivity index (χ0v) is 48.8. The molecule has 2 aliphatic carbocycles. The first kappa shape index (κ1) is 46.8. The van der Waals surface area contributed by atoms with Gasteiger partial charge in [0.05, 0.1) is 5.41 Å². The Labute approximate surface area is 484 Å². The van der Waals surface area contributed by atoms with E-state index in [-0.39, 0.29) is 21.8 Å². The fourth-order valence-corrected chi connectivity index (χ4v) is 13.8. The van der Waals surface area contributed by atoms with Crippen molar-refractivity contribution < 1.29 is 28.2 Å². The van der Waals surface area contributed by atoms with Gasteiger partial charge in [-0.25, -0.2) is 0 Å². The van der Waals surface area contributed by atoms with Crippen LogP contribution >= 0.6 is 0 Å². The van der Waals surface area contributed by atoms with E-state index in [9.17, 15) is 0 Å². The Bertz CT molecular complexity index is 4650. The second-order valence-electron chi connectivity index (χ2n) is 24.8. The summed E-state index contributed by atoms with van der Waals surface area (Å²) < 4.78 is 41.7. The number of fused-ring (bicyclic) bond motifs is 14. The molecular formula is C74H62N4OPt-2. The minimum Gasteiger partial charge on any atom is -0.0619 e. The molecule has 0 N–H and O–H groups in total. The van der Waals surface area contributed by atoms with E-state index >= 15 is 0 Å². The van der Waals surface area contributed by atoms with Crippen molar-refractivity contribution in [1.82, 2.24) is 18.7 Å².